The smallest absolute Gasteiger partial charge is 0.130 e. The van der Waals surface area contributed by atoms with Crippen molar-refractivity contribution in [1.82, 2.24) is 0 Å². The van der Waals surface area contributed by atoms with Gasteiger partial charge in [-0.05, 0) is 11.6 Å². The highest BCUT2D eigenvalue weighted by molar-refractivity contribution is 7.04. The molecule has 1 aliphatic rings. The average molecular weight is 347 g/mol. The Morgan fingerprint density at radius 2 is 1.08 bits per heavy atom. The molecule has 4 rings (SSSR count). The van der Waals surface area contributed by atoms with Crippen LogP contribution in [0.3, 0.4) is 0 Å². The third-order valence-electron chi connectivity index (χ3n) is 5.53. The highest BCUT2D eigenvalue weighted by Crippen LogP contribution is 2.42. The van der Waals surface area contributed by atoms with Crippen LogP contribution < -0.4 is 10.4 Å². The normalized spacial score (nSPS) is 25.0. The summed E-state index contributed by atoms with van der Waals surface area (Å²) in [5.41, 5.74) is 1.06. The van der Waals surface area contributed by atoms with Crippen LogP contribution in [0, 0.1) is 0 Å². The van der Waals surface area contributed by atoms with E-state index in [4.69, 9.17) is 0 Å². The second-order valence-corrected chi connectivity index (χ2v) is 11.0. The maximum absolute atomic E-state index is 11.0. The first kappa shape index (κ1) is 16.3. The van der Waals surface area contributed by atoms with Crippen LogP contribution in [0.2, 0.25) is 6.04 Å². The number of benzene rings is 3. The fourth-order valence-corrected chi connectivity index (χ4v) is 10.3. The van der Waals surface area contributed by atoms with Crippen molar-refractivity contribution < 1.29 is 10.2 Å². The van der Waals surface area contributed by atoms with Gasteiger partial charge in [0.2, 0.25) is 0 Å². The second kappa shape index (κ2) is 6.60. The van der Waals surface area contributed by atoms with Crippen LogP contribution in [0.25, 0.3) is 0 Å². The zero-order valence-electron chi connectivity index (χ0n) is 14.0. The standard InChI is InChI=1S/C22H22O2Si/c23-20-16-25(18-12-6-2-7-13-18,19-14-8-3-9-15-19)22(21(20)24)17-10-4-1-5-11-17/h1-15,20-24H,16H2/t20-,21-,22+/m1/s1. The highest BCUT2D eigenvalue weighted by atomic mass is 28.3. The minimum absolute atomic E-state index is 0.0616. The van der Waals surface area contributed by atoms with Crippen molar-refractivity contribution in [3.63, 3.8) is 0 Å². The average Bonchev–Trinajstić information content (AvgIpc) is 2.96. The van der Waals surface area contributed by atoms with E-state index in [0.717, 1.165) is 5.56 Å². The lowest BCUT2D eigenvalue weighted by atomic mass is 10.0. The van der Waals surface area contributed by atoms with Gasteiger partial charge in [-0.2, -0.15) is 0 Å². The Hall–Kier alpha value is -2.20. The lowest BCUT2D eigenvalue weighted by molar-refractivity contribution is 0.0402. The van der Waals surface area contributed by atoms with Crippen molar-refractivity contribution in [2.75, 3.05) is 0 Å². The van der Waals surface area contributed by atoms with Crippen LogP contribution in [-0.2, 0) is 0 Å². The summed E-state index contributed by atoms with van der Waals surface area (Å²) in [7, 11) is -2.38. The third-order valence-corrected chi connectivity index (χ3v) is 11.1. The van der Waals surface area contributed by atoms with Gasteiger partial charge in [0.1, 0.15) is 8.07 Å². The van der Waals surface area contributed by atoms with Crippen molar-refractivity contribution in [3.05, 3.63) is 96.6 Å². The van der Waals surface area contributed by atoms with E-state index >= 15 is 0 Å². The van der Waals surface area contributed by atoms with E-state index in [0.29, 0.717) is 6.04 Å². The van der Waals surface area contributed by atoms with E-state index in [2.05, 4.69) is 60.7 Å². The number of rotatable bonds is 3. The fraction of sp³-hybridized carbons (Fsp3) is 0.182. The Bertz CT molecular complexity index is 781. The fourth-order valence-electron chi connectivity index (χ4n) is 4.47. The molecule has 126 valence electrons. The topological polar surface area (TPSA) is 40.5 Å². The summed E-state index contributed by atoms with van der Waals surface area (Å²) in [6.07, 6.45) is -1.44. The summed E-state index contributed by atoms with van der Waals surface area (Å²) in [6.45, 7) is 0. The van der Waals surface area contributed by atoms with Crippen molar-refractivity contribution in [2.24, 2.45) is 0 Å². The first-order valence-corrected chi connectivity index (χ1v) is 11.0. The molecule has 3 heteroatoms. The van der Waals surface area contributed by atoms with Crippen molar-refractivity contribution >= 4 is 18.4 Å². The Morgan fingerprint density at radius 1 is 0.640 bits per heavy atom. The summed E-state index contributed by atoms with van der Waals surface area (Å²) in [5, 5.41) is 24.2. The summed E-state index contributed by atoms with van der Waals surface area (Å²) in [5.74, 6) is 0. The molecule has 1 aliphatic heterocycles. The first-order chi connectivity index (χ1) is 12.2. The summed E-state index contributed by atoms with van der Waals surface area (Å²) in [4.78, 5) is 0. The van der Waals surface area contributed by atoms with Crippen molar-refractivity contribution in [3.8, 4) is 0 Å². The molecule has 0 radical (unpaired) electrons. The molecule has 1 saturated heterocycles. The van der Waals surface area contributed by atoms with E-state index in [1.54, 1.807) is 0 Å². The molecule has 0 unspecified atom stereocenters. The van der Waals surface area contributed by atoms with Crippen LogP contribution in [-0.4, -0.2) is 30.5 Å². The lowest BCUT2D eigenvalue weighted by Gasteiger charge is -2.35. The predicted octanol–water partition coefficient (Wildman–Crippen LogP) is 2.31. The quantitative estimate of drug-likeness (QED) is 0.715. The van der Waals surface area contributed by atoms with Crippen LogP contribution >= 0.6 is 0 Å². The van der Waals surface area contributed by atoms with E-state index in [1.807, 2.05) is 30.3 Å². The van der Waals surface area contributed by atoms with Crippen molar-refractivity contribution in [2.45, 2.75) is 23.8 Å². The molecule has 2 N–H and O–H groups in total. The molecule has 0 amide bonds. The van der Waals surface area contributed by atoms with E-state index in [9.17, 15) is 10.2 Å². The van der Waals surface area contributed by atoms with Gasteiger partial charge in [-0.3, -0.25) is 0 Å². The highest BCUT2D eigenvalue weighted by Gasteiger charge is 2.56. The molecule has 0 aliphatic carbocycles. The number of hydrogen-bond acceptors (Lipinski definition) is 2. The SMILES string of the molecule is O[C@@H]1[C@H](O)C[Si](c2ccccc2)(c2ccccc2)[C@H]1c1ccccc1. The van der Waals surface area contributed by atoms with Gasteiger partial charge in [0.15, 0.2) is 0 Å². The molecule has 0 saturated carbocycles. The van der Waals surface area contributed by atoms with E-state index < -0.39 is 20.3 Å². The zero-order valence-corrected chi connectivity index (χ0v) is 15.0. The maximum atomic E-state index is 11.0. The van der Waals surface area contributed by atoms with Gasteiger partial charge in [0, 0.05) is 5.54 Å². The van der Waals surface area contributed by atoms with Crippen LogP contribution in [0.15, 0.2) is 91.0 Å². The Morgan fingerprint density at radius 3 is 1.56 bits per heavy atom. The minimum atomic E-state index is -2.38. The van der Waals surface area contributed by atoms with Gasteiger partial charge in [-0.25, -0.2) is 0 Å². The Balaban J connectivity index is 1.99. The second-order valence-electron chi connectivity index (χ2n) is 6.85. The molecule has 0 aromatic heterocycles. The molecular formula is C22H22O2Si. The lowest BCUT2D eigenvalue weighted by Crippen LogP contribution is -2.61. The summed E-state index contributed by atoms with van der Waals surface area (Å²) < 4.78 is 0. The molecule has 0 bridgehead atoms. The van der Waals surface area contributed by atoms with Crippen molar-refractivity contribution in [1.29, 1.82) is 0 Å². The molecule has 3 aromatic rings. The van der Waals surface area contributed by atoms with Gasteiger partial charge in [0.25, 0.3) is 0 Å². The van der Waals surface area contributed by atoms with Crippen LogP contribution in [0.5, 0.6) is 0 Å². The minimum Gasteiger partial charge on any atom is -0.391 e. The number of aliphatic hydroxyl groups is 2. The van der Waals surface area contributed by atoms with Gasteiger partial charge in [-0.15, -0.1) is 0 Å². The summed E-state index contributed by atoms with van der Waals surface area (Å²) in [6, 6.07) is 31.8. The molecule has 2 nitrogen and oxygen atoms in total. The molecule has 3 aromatic carbocycles. The van der Waals surface area contributed by atoms with Crippen LogP contribution in [0.1, 0.15) is 11.1 Å². The molecule has 25 heavy (non-hydrogen) atoms. The molecule has 0 spiro atoms. The Labute approximate surface area is 149 Å². The zero-order chi connectivity index (χ0) is 17.3. The number of aliphatic hydroxyl groups excluding tert-OH is 2. The van der Waals surface area contributed by atoms with Gasteiger partial charge < -0.3 is 10.2 Å². The first-order valence-electron chi connectivity index (χ1n) is 8.75. The van der Waals surface area contributed by atoms with Gasteiger partial charge in [0.05, 0.1) is 12.2 Å². The summed E-state index contributed by atoms with van der Waals surface area (Å²) >= 11 is 0. The molecule has 1 fully saturated rings. The predicted molar refractivity (Wildman–Crippen MR) is 104 cm³/mol. The van der Waals surface area contributed by atoms with Gasteiger partial charge in [-0.1, -0.05) is 101 Å². The molecule has 3 atom stereocenters. The molecule has 1 heterocycles. The van der Waals surface area contributed by atoms with E-state index in [1.165, 1.54) is 10.4 Å². The number of hydrogen-bond donors (Lipinski definition) is 2. The van der Waals surface area contributed by atoms with Gasteiger partial charge >= 0.3 is 0 Å². The Kier molecular flexibility index (Phi) is 4.30. The third kappa shape index (κ3) is 2.65. The largest absolute Gasteiger partial charge is 0.391 e. The monoisotopic (exact) mass is 346 g/mol. The maximum Gasteiger partial charge on any atom is 0.130 e. The molecular weight excluding hydrogens is 324 g/mol. The van der Waals surface area contributed by atoms with E-state index in [-0.39, 0.29) is 5.54 Å². The van der Waals surface area contributed by atoms with Crippen LogP contribution in [0.4, 0.5) is 0 Å².